The Morgan fingerprint density at radius 3 is 2.07 bits per heavy atom. The van der Waals surface area contributed by atoms with E-state index in [9.17, 15) is 9.90 Å². The van der Waals surface area contributed by atoms with Crippen LogP contribution in [-0.4, -0.2) is 47.2 Å². The monoisotopic (exact) mass is 214 g/mol. The summed E-state index contributed by atoms with van der Waals surface area (Å²) in [6, 6.07) is 0. The van der Waals surface area contributed by atoms with Crippen LogP contribution in [0.4, 0.5) is 0 Å². The van der Waals surface area contributed by atoms with Crippen LogP contribution >= 0.6 is 0 Å². The fraction of sp³-hybridized carbons (Fsp3) is 0.909. The van der Waals surface area contributed by atoms with Crippen LogP contribution in [0, 0.1) is 0 Å². The largest absolute Gasteiger partial charge is 0.480 e. The van der Waals surface area contributed by atoms with Crippen LogP contribution < -0.4 is 5.32 Å². The lowest BCUT2D eigenvalue weighted by Crippen LogP contribution is -2.59. The molecule has 0 amide bonds. The van der Waals surface area contributed by atoms with Gasteiger partial charge >= 0.3 is 5.97 Å². The van der Waals surface area contributed by atoms with Crippen LogP contribution in [0.1, 0.15) is 33.6 Å². The van der Waals surface area contributed by atoms with Gasteiger partial charge in [0.25, 0.3) is 0 Å². The Labute approximate surface area is 91.6 Å². The van der Waals surface area contributed by atoms with Crippen LogP contribution in [-0.2, 0) is 4.79 Å². The van der Waals surface area contributed by atoms with Crippen molar-refractivity contribution in [2.75, 3.05) is 20.1 Å². The van der Waals surface area contributed by atoms with E-state index in [-0.39, 0.29) is 5.54 Å². The normalized spacial score (nSPS) is 22.7. The molecule has 0 atom stereocenters. The molecule has 0 aromatic carbocycles. The highest BCUT2D eigenvalue weighted by atomic mass is 16.4. The molecule has 0 aromatic heterocycles. The summed E-state index contributed by atoms with van der Waals surface area (Å²) >= 11 is 0. The first-order chi connectivity index (χ1) is 6.82. The average molecular weight is 214 g/mol. The predicted octanol–water partition coefficient (Wildman–Crippen LogP) is 0.923. The summed E-state index contributed by atoms with van der Waals surface area (Å²) in [5.74, 6) is -0.724. The molecule has 0 aromatic rings. The number of rotatable bonds is 2. The van der Waals surface area contributed by atoms with Crippen molar-refractivity contribution in [1.82, 2.24) is 10.2 Å². The summed E-state index contributed by atoms with van der Waals surface area (Å²) < 4.78 is 0. The Morgan fingerprint density at radius 1 is 1.33 bits per heavy atom. The summed E-state index contributed by atoms with van der Waals surface area (Å²) in [5, 5.41) is 12.2. The molecule has 15 heavy (non-hydrogen) atoms. The van der Waals surface area contributed by atoms with Crippen molar-refractivity contribution >= 4 is 5.97 Å². The molecule has 4 nitrogen and oxygen atoms in total. The predicted molar refractivity (Wildman–Crippen MR) is 60.0 cm³/mol. The molecule has 1 aliphatic rings. The molecule has 1 aliphatic heterocycles. The maximum Gasteiger partial charge on any atom is 0.323 e. The Kier molecular flexibility index (Phi) is 3.41. The van der Waals surface area contributed by atoms with Crippen LogP contribution in [0.2, 0.25) is 0 Å². The fourth-order valence-corrected chi connectivity index (χ4v) is 2.13. The number of hydrogen-bond donors (Lipinski definition) is 2. The van der Waals surface area contributed by atoms with E-state index in [2.05, 4.69) is 31.0 Å². The van der Waals surface area contributed by atoms with Crippen LogP contribution in [0.15, 0.2) is 0 Å². The van der Waals surface area contributed by atoms with E-state index in [0.29, 0.717) is 12.8 Å². The Hall–Kier alpha value is -0.610. The summed E-state index contributed by atoms with van der Waals surface area (Å²) in [6.07, 6.45) is 1.35. The van der Waals surface area contributed by atoms with Crippen molar-refractivity contribution in [2.24, 2.45) is 0 Å². The molecular weight excluding hydrogens is 192 g/mol. The highest BCUT2D eigenvalue weighted by Gasteiger charge is 2.41. The zero-order chi connectivity index (χ0) is 11.7. The Balaban J connectivity index is 2.65. The third-order valence-corrected chi connectivity index (χ3v) is 3.45. The molecule has 0 unspecified atom stereocenters. The van der Waals surface area contributed by atoms with Crippen molar-refractivity contribution in [3.63, 3.8) is 0 Å². The lowest BCUT2D eigenvalue weighted by molar-refractivity contribution is -0.147. The topological polar surface area (TPSA) is 52.6 Å². The minimum Gasteiger partial charge on any atom is -0.480 e. The molecule has 1 fully saturated rings. The first kappa shape index (κ1) is 12.5. The quantitative estimate of drug-likeness (QED) is 0.718. The number of nitrogens with zero attached hydrogens (tertiary/aromatic N) is 1. The standard InChI is InChI=1S/C11H22N2O2/c1-10(2,3)13-7-5-11(12-4,6-8-13)9(14)15/h12H,5-8H2,1-4H3,(H,14,15). The molecule has 1 heterocycles. The van der Waals surface area contributed by atoms with E-state index in [4.69, 9.17) is 0 Å². The maximum atomic E-state index is 11.2. The summed E-state index contributed by atoms with van der Waals surface area (Å²) in [6.45, 7) is 8.19. The van der Waals surface area contributed by atoms with Crippen LogP contribution in [0.3, 0.4) is 0 Å². The Bertz CT molecular complexity index is 237. The summed E-state index contributed by atoms with van der Waals surface area (Å²) in [7, 11) is 1.74. The van der Waals surface area contributed by atoms with Crippen molar-refractivity contribution in [3.8, 4) is 0 Å². The van der Waals surface area contributed by atoms with Gasteiger partial charge < -0.3 is 10.4 Å². The number of carboxylic acid groups (broad SMARTS) is 1. The molecule has 0 saturated carbocycles. The lowest BCUT2D eigenvalue weighted by Gasteiger charge is -2.44. The van der Waals surface area contributed by atoms with Gasteiger partial charge in [-0.05, 0) is 40.7 Å². The number of carbonyl (C=O) groups is 1. The van der Waals surface area contributed by atoms with E-state index in [1.54, 1.807) is 7.05 Å². The summed E-state index contributed by atoms with van der Waals surface area (Å²) in [5.41, 5.74) is -0.569. The van der Waals surface area contributed by atoms with Crippen molar-refractivity contribution in [2.45, 2.75) is 44.7 Å². The van der Waals surface area contributed by atoms with Gasteiger partial charge in [-0.25, -0.2) is 0 Å². The zero-order valence-corrected chi connectivity index (χ0v) is 10.1. The number of aliphatic carboxylic acids is 1. The first-order valence-electron chi connectivity index (χ1n) is 5.49. The van der Waals surface area contributed by atoms with E-state index < -0.39 is 11.5 Å². The molecule has 2 N–H and O–H groups in total. The van der Waals surface area contributed by atoms with Gasteiger partial charge in [0.2, 0.25) is 0 Å². The van der Waals surface area contributed by atoms with Gasteiger partial charge in [-0.1, -0.05) is 0 Å². The maximum absolute atomic E-state index is 11.2. The highest BCUT2D eigenvalue weighted by Crippen LogP contribution is 2.26. The van der Waals surface area contributed by atoms with Crippen LogP contribution in [0.25, 0.3) is 0 Å². The second kappa shape index (κ2) is 4.10. The van der Waals surface area contributed by atoms with Crippen molar-refractivity contribution in [3.05, 3.63) is 0 Å². The van der Waals surface area contributed by atoms with Gasteiger partial charge in [0.15, 0.2) is 0 Å². The highest BCUT2D eigenvalue weighted by molar-refractivity contribution is 5.78. The molecule has 1 rings (SSSR count). The van der Waals surface area contributed by atoms with Gasteiger partial charge in [0.1, 0.15) is 5.54 Å². The van der Waals surface area contributed by atoms with Gasteiger partial charge in [-0.15, -0.1) is 0 Å². The minimum absolute atomic E-state index is 0.137. The second-order valence-corrected chi connectivity index (χ2v) is 5.30. The van der Waals surface area contributed by atoms with E-state index in [0.717, 1.165) is 13.1 Å². The van der Waals surface area contributed by atoms with Gasteiger partial charge in [0.05, 0.1) is 0 Å². The first-order valence-corrected chi connectivity index (χ1v) is 5.49. The molecule has 1 saturated heterocycles. The second-order valence-electron chi connectivity index (χ2n) is 5.30. The average Bonchev–Trinajstić information content (AvgIpc) is 2.16. The number of piperidine rings is 1. The number of hydrogen-bond acceptors (Lipinski definition) is 3. The Morgan fingerprint density at radius 2 is 1.80 bits per heavy atom. The van der Waals surface area contributed by atoms with E-state index >= 15 is 0 Å². The molecule has 88 valence electrons. The molecule has 4 heteroatoms. The van der Waals surface area contributed by atoms with E-state index in [1.807, 2.05) is 0 Å². The molecule has 0 spiro atoms. The molecule has 0 bridgehead atoms. The van der Waals surface area contributed by atoms with Gasteiger partial charge in [-0.3, -0.25) is 9.69 Å². The fourth-order valence-electron chi connectivity index (χ4n) is 2.13. The number of carboxylic acids is 1. The number of likely N-dealkylation sites (tertiary alicyclic amines) is 1. The zero-order valence-electron chi connectivity index (χ0n) is 10.1. The SMILES string of the molecule is CNC1(C(=O)O)CCN(C(C)(C)C)CC1. The van der Waals surface area contributed by atoms with Crippen LogP contribution in [0.5, 0.6) is 0 Å². The smallest absolute Gasteiger partial charge is 0.323 e. The minimum atomic E-state index is -0.724. The third-order valence-electron chi connectivity index (χ3n) is 3.45. The third kappa shape index (κ3) is 2.49. The number of nitrogens with one attached hydrogen (secondary N) is 1. The van der Waals surface area contributed by atoms with Crippen molar-refractivity contribution in [1.29, 1.82) is 0 Å². The molecular formula is C11H22N2O2. The van der Waals surface area contributed by atoms with Gasteiger partial charge in [0, 0.05) is 18.6 Å². The number of likely N-dealkylation sites (N-methyl/N-ethyl adjacent to an activating group) is 1. The van der Waals surface area contributed by atoms with Crippen molar-refractivity contribution < 1.29 is 9.90 Å². The summed E-state index contributed by atoms with van der Waals surface area (Å²) in [4.78, 5) is 13.5. The van der Waals surface area contributed by atoms with Gasteiger partial charge in [-0.2, -0.15) is 0 Å². The molecule has 0 aliphatic carbocycles. The van der Waals surface area contributed by atoms with E-state index in [1.165, 1.54) is 0 Å². The lowest BCUT2D eigenvalue weighted by atomic mass is 9.86. The molecule has 0 radical (unpaired) electrons.